The third-order valence-electron chi connectivity index (χ3n) is 5.75. The highest BCUT2D eigenvalue weighted by Gasteiger charge is 2.35. The lowest BCUT2D eigenvalue weighted by molar-refractivity contribution is -0.123. The number of aromatic nitrogens is 1. The third kappa shape index (κ3) is 3.86. The number of anilines is 1. The Morgan fingerprint density at radius 1 is 1.28 bits per heavy atom. The molecule has 3 rings (SSSR count). The van der Waals surface area contributed by atoms with Crippen molar-refractivity contribution in [2.75, 3.05) is 18.0 Å². The van der Waals surface area contributed by atoms with E-state index in [9.17, 15) is 14.9 Å². The Morgan fingerprint density at radius 3 is 2.52 bits per heavy atom. The van der Waals surface area contributed by atoms with Crippen molar-refractivity contribution in [1.29, 1.82) is 5.26 Å². The second kappa shape index (κ2) is 8.72. The van der Waals surface area contributed by atoms with E-state index in [0.717, 1.165) is 43.7 Å². The van der Waals surface area contributed by atoms with Gasteiger partial charge in [0.05, 0.1) is 4.91 Å². The van der Waals surface area contributed by atoms with Crippen LogP contribution >= 0.6 is 24.0 Å². The average Bonchev–Trinajstić information content (AvgIpc) is 3.00. The fourth-order valence-corrected chi connectivity index (χ4v) is 5.32. The molecule has 1 amide bonds. The van der Waals surface area contributed by atoms with Gasteiger partial charge in [0.2, 0.25) is 0 Å². The Hall–Kier alpha value is -2.11. The van der Waals surface area contributed by atoms with E-state index in [4.69, 9.17) is 12.2 Å². The first-order chi connectivity index (χ1) is 13.8. The third-order valence-corrected chi connectivity index (χ3v) is 7.08. The number of nitrogens with zero attached hydrogens (tertiary/aromatic N) is 4. The summed E-state index contributed by atoms with van der Waals surface area (Å²) in [6.45, 7) is 7.51. The number of piperidine rings is 1. The maximum atomic E-state index is 13.0. The summed E-state index contributed by atoms with van der Waals surface area (Å²) in [5.74, 6) is 0.672. The van der Waals surface area contributed by atoms with Crippen LogP contribution in [0.3, 0.4) is 0 Å². The number of carbonyl (C=O) groups excluding carboxylic acids is 1. The van der Waals surface area contributed by atoms with Crippen LogP contribution in [-0.4, -0.2) is 38.8 Å². The highest BCUT2D eigenvalue weighted by molar-refractivity contribution is 8.26. The SMILES string of the molecule is CCC(C)N1C(=O)C(=Cc2c(C)c(C#N)c(=O)n(C)c2N2CCCCC2)SC1=S. The number of thioether (sulfide) groups is 1. The number of pyridine rings is 1. The number of carbonyl (C=O) groups is 1. The van der Waals surface area contributed by atoms with Gasteiger partial charge in [0.15, 0.2) is 0 Å². The van der Waals surface area contributed by atoms with Crippen molar-refractivity contribution in [1.82, 2.24) is 9.47 Å². The molecule has 3 heterocycles. The smallest absolute Gasteiger partial charge is 0.270 e. The van der Waals surface area contributed by atoms with Crippen LogP contribution in [0.4, 0.5) is 5.82 Å². The van der Waals surface area contributed by atoms with E-state index >= 15 is 0 Å². The van der Waals surface area contributed by atoms with Crippen molar-refractivity contribution in [2.45, 2.75) is 52.5 Å². The molecule has 0 N–H and O–H groups in total. The topological polar surface area (TPSA) is 69.3 Å². The first kappa shape index (κ1) is 21.6. The summed E-state index contributed by atoms with van der Waals surface area (Å²) < 4.78 is 2.11. The molecule has 1 aromatic rings. The molecule has 2 saturated heterocycles. The van der Waals surface area contributed by atoms with Gasteiger partial charge in [-0.25, -0.2) is 0 Å². The van der Waals surface area contributed by atoms with Gasteiger partial charge in [-0.3, -0.25) is 19.1 Å². The maximum absolute atomic E-state index is 13.0. The first-order valence-corrected chi connectivity index (χ1v) is 11.2. The number of nitriles is 1. The molecular formula is C21H26N4O2S2. The molecule has 0 radical (unpaired) electrons. The predicted octanol–water partition coefficient (Wildman–Crippen LogP) is 3.56. The lowest BCUT2D eigenvalue weighted by atomic mass is 10.0. The van der Waals surface area contributed by atoms with Crippen LogP contribution in [0.15, 0.2) is 9.70 Å². The molecule has 2 fully saturated rings. The number of amides is 1. The molecule has 29 heavy (non-hydrogen) atoms. The molecule has 0 bridgehead atoms. The summed E-state index contributed by atoms with van der Waals surface area (Å²) in [4.78, 5) is 30.2. The minimum Gasteiger partial charge on any atom is -0.357 e. The van der Waals surface area contributed by atoms with Gasteiger partial charge in [-0.2, -0.15) is 5.26 Å². The molecule has 0 aliphatic carbocycles. The van der Waals surface area contributed by atoms with Crippen LogP contribution in [0, 0.1) is 18.3 Å². The standard InChI is InChI=1S/C21H26N4O2S2/c1-5-13(2)25-20(27)17(29-21(25)28)11-15-14(3)16(12-22)19(26)23(4)18(15)24-9-7-6-8-10-24/h11,13H,5-10H2,1-4H3. The Labute approximate surface area is 181 Å². The molecule has 154 valence electrons. The van der Waals surface area contributed by atoms with Crippen molar-refractivity contribution in [3.8, 4) is 6.07 Å². The van der Waals surface area contributed by atoms with E-state index in [0.29, 0.717) is 14.8 Å². The maximum Gasteiger partial charge on any atom is 0.270 e. The Bertz CT molecular complexity index is 984. The van der Waals surface area contributed by atoms with Crippen LogP contribution in [-0.2, 0) is 11.8 Å². The first-order valence-electron chi connectivity index (χ1n) is 9.97. The molecule has 1 aromatic heterocycles. The van der Waals surface area contributed by atoms with Crippen molar-refractivity contribution in [3.05, 3.63) is 31.9 Å². The molecule has 1 atom stereocenters. The van der Waals surface area contributed by atoms with Crippen molar-refractivity contribution in [2.24, 2.45) is 7.05 Å². The summed E-state index contributed by atoms with van der Waals surface area (Å²) in [5.41, 5.74) is 1.20. The zero-order chi connectivity index (χ0) is 21.3. The Morgan fingerprint density at radius 2 is 1.93 bits per heavy atom. The van der Waals surface area contributed by atoms with Gasteiger partial charge in [0.25, 0.3) is 11.5 Å². The number of hydrogen-bond acceptors (Lipinski definition) is 6. The quantitative estimate of drug-likeness (QED) is 0.537. The van der Waals surface area contributed by atoms with Gasteiger partial charge in [0, 0.05) is 31.7 Å². The van der Waals surface area contributed by atoms with Gasteiger partial charge in [-0.05, 0) is 51.2 Å². The molecular weight excluding hydrogens is 404 g/mol. The Balaban J connectivity index is 2.18. The lowest BCUT2D eigenvalue weighted by Gasteiger charge is -2.32. The van der Waals surface area contributed by atoms with Gasteiger partial charge in [-0.1, -0.05) is 30.9 Å². The summed E-state index contributed by atoms with van der Waals surface area (Å²) >= 11 is 6.74. The number of rotatable bonds is 4. The fourth-order valence-electron chi connectivity index (χ4n) is 3.87. The monoisotopic (exact) mass is 430 g/mol. The van der Waals surface area contributed by atoms with Crippen LogP contribution in [0.2, 0.25) is 0 Å². The Kier molecular flexibility index (Phi) is 6.49. The molecule has 1 unspecified atom stereocenters. The molecule has 2 aliphatic heterocycles. The highest BCUT2D eigenvalue weighted by atomic mass is 32.2. The summed E-state index contributed by atoms with van der Waals surface area (Å²) in [7, 11) is 1.70. The van der Waals surface area contributed by atoms with Crippen molar-refractivity contribution in [3.63, 3.8) is 0 Å². The van der Waals surface area contributed by atoms with E-state index in [2.05, 4.69) is 4.90 Å². The molecule has 6 nitrogen and oxygen atoms in total. The van der Waals surface area contributed by atoms with Crippen molar-refractivity contribution >= 4 is 46.1 Å². The van der Waals surface area contributed by atoms with E-state index in [1.165, 1.54) is 18.2 Å². The van der Waals surface area contributed by atoms with Gasteiger partial charge in [-0.15, -0.1) is 0 Å². The van der Waals surface area contributed by atoms with Crippen LogP contribution in [0.25, 0.3) is 6.08 Å². The van der Waals surface area contributed by atoms with E-state index in [1.807, 2.05) is 26.0 Å². The number of thiocarbonyl (C=S) groups is 1. The van der Waals surface area contributed by atoms with Crippen LogP contribution < -0.4 is 10.5 Å². The fraction of sp³-hybridized carbons (Fsp3) is 0.524. The molecule has 0 spiro atoms. The van der Waals surface area contributed by atoms with Gasteiger partial charge in [0.1, 0.15) is 21.8 Å². The zero-order valence-electron chi connectivity index (χ0n) is 17.3. The van der Waals surface area contributed by atoms with E-state index in [-0.39, 0.29) is 23.1 Å². The summed E-state index contributed by atoms with van der Waals surface area (Å²) in [6, 6.07) is 2.08. The van der Waals surface area contributed by atoms with Gasteiger partial charge < -0.3 is 4.90 Å². The normalized spacial score (nSPS) is 19.8. The minimum atomic E-state index is -0.296. The lowest BCUT2D eigenvalue weighted by Crippen LogP contribution is -2.37. The highest BCUT2D eigenvalue weighted by Crippen LogP contribution is 2.37. The van der Waals surface area contributed by atoms with Crippen molar-refractivity contribution < 1.29 is 4.79 Å². The second-order valence-corrected chi connectivity index (χ2v) is 9.25. The molecule has 2 aliphatic rings. The van der Waals surface area contributed by atoms with Crippen LogP contribution in [0.5, 0.6) is 0 Å². The average molecular weight is 431 g/mol. The summed E-state index contributed by atoms with van der Waals surface area (Å²) in [6.07, 6.45) is 5.92. The predicted molar refractivity (Wildman–Crippen MR) is 122 cm³/mol. The molecule has 0 aromatic carbocycles. The zero-order valence-corrected chi connectivity index (χ0v) is 19.0. The molecule has 8 heteroatoms. The van der Waals surface area contributed by atoms with Crippen LogP contribution in [0.1, 0.15) is 56.2 Å². The summed E-state index contributed by atoms with van der Waals surface area (Å²) in [5, 5.41) is 9.55. The van der Waals surface area contributed by atoms with Gasteiger partial charge >= 0.3 is 0 Å². The largest absolute Gasteiger partial charge is 0.357 e. The second-order valence-electron chi connectivity index (χ2n) is 7.57. The molecule has 0 saturated carbocycles. The number of hydrogen-bond donors (Lipinski definition) is 0. The van der Waals surface area contributed by atoms with E-state index < -0.39 is 0 Å². The van der Waals surface area contributed by atoms with E-state index in [1.54, 1.807) is 23.4 Å². The minimum absolute atomic E-state index is 0.0332.